The lowest BCUT2D eigenvalue weighted by Crippen LogP contribution is -2.59. The zero-order valence-corrected chi connectivity index (χ0v) is 14.6. The number of unbranched alkanes of at least 4 members (excludes halogenated alkanes) is 1. The highest BCUT2D eigenvalue weighted by Crippen LogP contribution is 2.39. The van der Waals surface area contributed by atoms with Crippen LogP contribution in [0, 0.1) is 11.8 Å². The minimum Gasteiger partial charge on any atom is -0.326 e. The van der Waals surface area contributed by atoms with Gasteiger partial charge >= 0.3 is 0 Å². The summed E-state index contributed by atoms with van der Waals surface area (Å²) in [6.07, 6.45) is 11.8. The van der Waals surface area contributed by atoms with Crippen molar-refractivity contribution in [2.45, 2.75) is 90.1 Å². The fourth-order valence-electron chi connectivity index (χ4n) is 3.97. The van der Waals surface area contributed by atoms with Crippen LogP contribution in [0.2, 0.25) is 0 Å². The predicted molar refractivity (Wildman–Crippen MR) is 89.9 cm³/mol. The molecule has 1 rings (SSSR count). The number of hydrogen-bond acceptors (Lipinski definition) is 2. The molecule has 1 fully saturated rings. The van der Waals surface area contributed by atoms with Gasteiger partial charge in [0, 0.05) is 11.6 Å². The van der Waals surface area contributed by atoms with E-state index in [1.807, 2.05) is 0 Å². The molecule has 0 aromatic carbocycles. The summed E-state index contributed by atoms with van der Waals surface area (Å²) in [6, 6.07) is 0.340. The smallest absolute Gasteiger partial charge is 0.0354 e. The second kappa shape index (κ2) is 8.38. The van der Waals surface area contributed by atoms with Crippen molar-refractivity contribution >= 4 is 0 Å². The van der Waals surface area contributed by atoms with Crippen LogP contribution in [0.1, 0.15) is 78.6 Å². The highest BCUT2D eigenvalue weighted by Gasteiger charge is 2.41. The molecule has 2 heteroatoms. The Labute approximate surface area is 127 Å². The van der Waals surface area contributed by atoms with E-state index in [-0.39, 0.29) is 5.54 Å². The first kappa shape index (κ1) is 18.0. The van der Waals surface area contributed by atoms with Gasteiger partial charge in [0.25, 0.3) is 0 Å². The van der Waals surface area contributed by atoms with Crippen molar-refractivity contribution < 1.29 is 0 Å². The van der Waals surface area contributed by atoms with Crippen LogP contribution in [-0.4, -0.2) is 30.6 Å². The molecule has 2 nitrogen and oxygen atoms in total. The molecule has 1 aliphatic carbocycles. The van der Waals surface area contributed by atoms with Crippen LogP contribution in [0.3, 0.4) is 0 Å². The van der Waals surface area contributed by atoms with Crippen molar-refractivity contribution in [3.8, 4) is 0 Å². The average molecular weight is 283 g/mol. The molecule has 0 saturated heterocycles. The van der Waals surface area contributed by atoms with E-state index < -0.39 is 0 Å². The first-order valence-electron chi connectivity index (χ1n) is 8.89. The maximum absolute atomic E-state index is 6.74. The van der Waals surface area contributed by atoms with Crippen LogP contribution >= 0.6 is 0 Å². The van der Waals surface area contributed by atoms with E-state index in [2.05, 4.69) is 39.8 Å². The molecular formula is C18H38N2. The van der Waals surface area contributed by atoms with E-state index in [0.717, 1.165) is 11.8 Å². The van der Waals surface area contributed by atoms with Crippen molar-refractivity contribution in [2.24, 2.45) is 17.6 Å². The van der Waals surface area contributed by atoms with Crippen LogP contribution in [0.4, 0.5) is 0 Å². The Hall–Kier alpha value is -0.0800. The van der Waals surface area contributed by atoms with Gasteiger partial charge in [-0.3, -0.25) is 0 Å². The molecule has 1 aliphatic rings. The van der Waals surface area contributed by atoms with Crippen LogP contribution in [0.5, 0.6) is 0 Å². The van der Waals surface area contributed by atoms with Crippen molar-refractivity contribution in [3.63, 3.8) is 0 Å². The van der Waals surface area contributed by atoms with Gasteiger partial charge in [0.15, 0.2) is 0 Å². The van der Waals surface area contributed by atoms with Crippen LogP contribution in [0.25, 0.3) is 0 Å². The highest BCUT2D eigenvalue weighted by atomic mass is 15.2. The second-order valence-corrected chi connectivity index (χ2v) is 7.44. The van der Waals surface area contributed by atoms with Crippen LogP contribution < -0.4 is 5.73 Å². The molecule has 2 unspecified atom stereocenters. The summed E-state index contributed by atoms with van der Waals surface area (Å²) >= 11 is 0. The van der Waals surface area contributed by atoms with Gasteiger partial charge < -0.3 is 10.6 Å². The van der Waals surface area contributed by atoms with Crippen molar-refractivity contribution in [1.82, 2.24) is 4.90 Å². The molecule has 0 radical (unpaired) electrons. The molecule has 1 saturated carbocycles. The standard InChI is InChI=1S/C18H38N2/c1-6-8-9-16(7-2)14-17(19)18(20(4)5)12-10-15(3)11-13-18/h15-17H,6-14,19H2,1-5H3. The lowest BCUT2D eigenvalue weighted by Gasteiger charge is -2.49. The zero-order valence-electron chi connectivity index (χ0n) is 14.6. The number of nitrogens with two attached hydrogens (primary N) is 1. The average Bonchev–Trinajstić information content (AvgIpc) is 2.43. The van der Waals surface area contributed by atoms with Gasteiger partial charge in [-0.15, -0.1) is 0 Å². The molecular weight excluding hydrogens is 244 g/mol. The second-order valence-electron chi connectivity index (χ2n) is 7.44. The maximum Gasteiger partial charge on any atom is 0.0354 e. The summed E-state index contributed by atoms with van der Waals surface area (Å²) in [4.78, 5) is 2.44. The summed E-state index contributed by atoms with van der Waals surface area (Å²) in [5.41, 5.74) is 6.99. The van der Waals surface area contributed by atoms with E-state index >= 15 is 0 Å². The molecule has 20 heavy (non-hydrogen) atoms. The minimum absolute atomic E-state index is 0.256. The van der Waals surface area contributed by atoms with Crippen molar-refractivity contribution in [2.75, 3.05) is 14.1 Å². The molecule has 0 aromatic rings. The van der Waals surface area contributed by atoms with E-state index in [1.54, 1.807) is 0 Å². The summed E-state index contributed by atoms with van der Waals surface area (Å²) in [5.74, 6) is 1.71. The van der Waals surface area contributed by atoms with Crippen molar-refractivity contribution in [1.29, 1.82) is 0 Å². The quantitative estimate of drug-likeness (QED) is 0.713. The zero-order chi connectivity index (χ0) is 15.2. The van der Waals surface area contributed by atoms with Crippen LogP contribution in [-0.2, 0) is 0 Å². The third-order valence-electron chi connectivity index (χ3n) is 5.85. The van der Waals surface area contributed by atoms with Crippen LogP contribution in [0.15, 0.2) is 0 Å². The predicted octanol–water partition coefficient (Wildman–Crippen LogP) is 4.43. The first-order valence-corrected chi connectivity index (χ1v) is 8.89. The number of likely N-dealkylation sites (N-methyl/N-ethyl adjacent to an activating group) is 1. The summed E-state index contributed by atoms with van der Waals surface area (Å²) in [7, 11) is 4.48. The Morgan fingerprint density at radius 1 is 1.20 bits per heavy atom. The normalized spacial score (nSPS) is 30.4. The number of hydrogen-bond donors (Lipinski definition) is 1. The molecule has 0 spiro atoms. The molecule has 2 atom stereocenters. The summed E-state index contributed by atoms with van der Waals surface area (Å²) in [5, 5.41) is 0. The minimum atomic E-state index is 0.256. The fraction of sp³-hybridized carbons (Fsp3) is 1.00. The fourth-order valence-corrected chi connectivity index (χ4v) is 3.97. The Morgan fingerprint density at radius 3 is 2.25 bits per heavy atom. The topological polar surface area (TPSA) is 29.3 Å². The maximum atomic E-state index is 6.74. The molecule has 0 heterocycles. The van der Waals surface area contributed by atoms with Crippen molar-refractivity contribution in [3.05, 3.63) is 0 Å². The first-order chi connectivity index (χ1) is 9.46. The van der Waals surface area contributed by atoms with E-state index in [1.165, 1.54) is 57.8 Å². The van der Waals surface area contributed by atoms with Gasteiger partial charge in [0.2, 0.25) is 0 Å². The molecule has 2 N–H and O–H groups in total. The number of nitrogens with zero attached hydrogens (tertiary/aromatic N) is 1. The van der Waals surface area contributed by atoms with Gasteiger partial charge in [-0.2, -0.15) is 0 Å². The number of rotatable bonds is 8. The van der Waals surface area contributed by atoms with Gasteiger partial charge in [0.1, 0.15) is 0 Å². The Bertz CT molecular complexity index is 254. The summed E-state index contributed by atoms with van der Waals surface area (Å²) < 4.78 is 0. The Kier molecular flexibility index (Phi) is 7.53. The lowest BCUT2D eigenvalue weighted by molar-refractivity contribution is 0.0475. The monoisotopic (exact) mass is 282 g/mol. The highest BCUT2D eigenvalue weighted by molar-refractivity contribution is 5.00. The van der Waals surface area contributed by atoms with Gasteiger partial charge in [-0.25, -0.2) is 0 Å². The van der Waals surface area contributed by atoms with Gasteiger partial charge in [-0.1, -0.05) is 46.5 Å². The molecule has 0 aromatic heterocycles. The third kappa shape index (κ3) is 4.46. The van der Waals surface area contributed by atoms with Gasteiger partial charge in [-0.05, 0) is 58.0 Å². The van der Waals surface area contributed by atoms with Gasteiger partial charge in [0.05, 0.1) is 0 Å². The van der Waals surface area contributed by atoms with E-state index in [0.29, 0.717) is 6.04 Å². The third-order valence-corrected chi connectivity index (χ3v) is 5.85. The SMILES string of the molecule is CCCCC(CC)CC(N)C1(N(C)C)CCC(C)CC1. The van der Waals surface area contributed by atoms with E-state index in [4.69, 9.17) is 5.73 Å². The molecule has 120 valence electrons. The lowest BCUT2D eigenvalue weighted by atomic mass is 9.70. The largest absolute Gasteiger partial charge is 0.326 e. The molecule has 0 aliphatic heterocycles. The Balaban J connectivity index is 2.66. The molecule has 0 amide bonds. The Morgan fingerprint density at radius 2 is 1.80 bits per heavy atom. The summed E-state index contributed by atoms with van der Waals surface area (Å²) in [6.45, 7) is 7.01. The van der Waals surface area contributed by atoms with E-state index in [9.17, 15) is 0 Å². The molecule has 0 bridgehead atoms.